The van der Waals surface area contributed by atoms with E-state index in [4.69, 9.17) is 17.3 Å². The molecule has 0 saturated heterocycles. The highest BCUT2D eigenvalue weighted by Gasteiger charge is 2.46. The summed E-state index contributed by atoms with van der Waals surface area (Å²) >= 11 is 5.81. The van der Waals surface area contributed by atoms with Gasteiger partial charge in [0.2, 0.25) is 0 Å². The molecule has 0 unspecified atom stereocenters. The van der Waals surface area contributed by atoms with E-state index in [1.54, 1.807) is 24.3 Å². The van der Waals surface area contributed by atoms with E-state index in [9.17, 15) is 18.0 Å². The average molecular weight is 345 g/mol. The third-order valence-electron chi connectivity index (χ3n) is 3.71. The summed E-state index contributed by atoms with van der Waals surface area (Å²) in [6.07, 6.45) is -4.75. The van der Waals surface area contributed by atoms with Crippen molar-refractivity contribution in [3.05, 3.63) is 46.6 Å². The van der Waals surface area contributed by atoms with Gasteiger partial charge in [-0.05, 0) is 17.7 Å². The van der Waals surface area contributed by atoms with Crippen LogP contribution in [0.1, 0.15) is 34.6 Å². The molecule has 122 valence electrons. The molecule has 1 aromatic carbocycles. The second kappa shape index (κ2) is 5.45. The van der Waals surface area contributed by atoms with Gasteiger partial charge in [-0.2, -0.15) is 18.3 Å². The number of carbonyl (C=O) groups is 1. The van der Waals surface area contributed by atoms with E-state index in [0.717, 1.165) is 4.68 Å². The minimum Gasteiger partial charge on any atom is -0.364 e. The van der Waals surface area contributed by atoms with Crippen LogP contribution in [0.5, 0.6) is 0 Å². The number of nitrogens with one attached hydrogen (secondary N) is 1. The van der Waals surface area contributed by atoms with E-state index in [0.29, 0.717) is 10.6 Å². The quantitative estimate of drug-likeness (QED) is 0.878. The molecule has 2 atom stereocenters. The number of nitrogens with two attached hydrogens (primary N) is 1. The Morgan fingerprint density at radius 3 is 2.57 bits per heavy atom. The maximum absolute atomic E-state index is 13.4. The monoisotopic (exact) mass is 344 g/mol. The van der Waals surface area contributed by atoms with Gasteiger partial charge in [0.05, 0.1) is 6.04 Å². The molecule has 2 aromatic rings. The van der Waals surface area contributed by atoms with Crippen LogP contribution < -0.4 is 11.1 Å². The molecule has 1 aliphatic rings. The second-order valence-corrected chi connectivity index (χ2v) is 5.70. The lowest BCUT2D eigenvalue weighted by Crippen LogP contribution is -2.35. The zero-order valence-electron chi connectivity index (χ0n) is 11.6. The van der Waals surface area contributed by atoms with E-state index < -0.39 is 24.2 Å². The molecular formula is C14H12ClF3N4O. The van der Waals surface area contributed by atoms with Gasteiger partial charge in [-0.1, -0.05) is 23.7 Å². The average Bonchev–Trinajstić information content (AvgIpc) is 2.90. The molecular weight excluding hydrogens is 333 g/mol. The summed E-state index contributed by atoms with van der Waals surface area (Å²) < 4.78 is 40.8. The van der Waals surface area contributed by atoms with E-state index >= 15 is 0 Å². The minimum atomic E-state index is -4.50. The topological polar surface area (TPSA) is 72.9 Å². The molecule has 23 heavy (non-hydrogen) atoms. The third kappa shape index (κ3) is 2.98. The number of nitrogens with zero attached hydrogens (tertiary/aromatic N) is 2. The lowest BCUT2D eigenvalue weighted by molar-refractivity contribution is -0.173. The Balaban J connectivity index is 2.01. The lowest BCUT2D eigenvalue weighted by atomic mass is 9.97. The van der Waals surface area contributed by atoms with Crippen molar-refractivity contribution in [1.82, 2.24) is 9.78 Å². The Morgan fingerprint density at radius 2 is 2.00 bits per heavy atom. The Labute approximate surface area is 134 Å². The van der Waals surface area contributed by atoms with E-state index in [1.807, 2.05) is 0 Å². The van der Waals surface area contributed by atoms with Crippen LogP contribution in [0, 0.1) is 0 Å². The van der Waals surface area contributed by atoms with Crippen molar-refractivity contribution in [2.24, 2.45) is 5.73 Å². The maximum Gasteiger partial charge on any atom is 0.410 e. The van der Waals surface area contributed by atoms with Crippen LogP contribution in [0.4, 0.5) is 19.0 Å². The zero-order chi connectivity index (χ0) is 16.8. The van der Waals surface area contributed by atoms with E-state index in [-0.39, 0.29) is 17.9 Å². The fourth-order valence-electron chi connectivity index (χ4n) is 2.61. The molecule has 0 spiro atoms. The number of hydrogen-bond donors (Lipinski definition) is 2. The van der Waals surface area contributed by atoms with Crippen LogP contribution in [-0.2, 0) is 0 Å². The number of anilines is 1. The molecule has 3 N–H and O–H groups in total. The van der Waals surface area contributed by atoms with Crippen LogP contribution in [0.25, 0.3) is 0 Å². The highest BCUT2D eigenvalue weighted by Crippen LogP contribution is 2.43. The van der Waals surface area contributed by atoms with Crippen LogP contribution in [-0.4, -0.2) is 21.9 Å². The van der Waals surface area contributed by atoms with Crippen LogP contribution in [0.2, 0.25) is 5.02 Å². The molecule has 2 heterocycles. The number of halogens is 4. The fraction of sp³-hybridized carbons (Fsp3) is 0.286. The number of amides is 1. The van der Waals surface area contributed by atoms with Gasteiger partial charge >= 0.3 is 6.18 Å². The molecule has 0 radical (unpaired) electrons. The molecule has 1 aliphatic heterocycles. The van der Waals surface area contributed by atoms with Crippen LogP contribution >= 0.6 is 11.6 Å². The summed E-state index contributed by atoms with van der Waals surface area (Å²) in [5.41, 5.74) is 5.56. The molecule has 5 nitrogen and oxygen atoms in total. The van der Waals surface area contributed by atoms with Crippen molar-refractivity contribution < 1.29 is 18.0 Å². The van der Waals surface area contributed by atoms with Crippen molar-refractivity contribution in [1.29, 1.82) is 0 Å². The Hall–Kier alpha value is -2.22. The van der Waals surface area contributed by atoms with Crippen molar-refractivity contribution >= 4 is 23.3 Å². The van der Waals surface area contributed by atoms with Gasteiger partial charge in [-0.25, -0.2) is 4.68 Å². The summed E-state index contributed by atoms with van der Waals surface area (Å²) in [6, 6.07) is 5.35. The number of carbonyl (C=O) groups excluding carboxylic acids is 1. The van der Waals surface area contributed by atoms with E-state index in [2.05, 4.69) is 10.4 Å². The number of hydrogen-bond acceptors (Lipinski definition) is 3. The maximum atomic E-state index is 13.4. The molecule has 0 aliphatic carbocycles. The Kier molecular flexibility index (Phi) is 3.71. The van der Waals surface area contributed by atoms with Gasteiger partial charge in [0.25, 0.3) is 5.91 Å². The predicted octanol–water partition coefficient (Wildman–Crippen LogP) is 3.30. The molecule has 1 amide bonds. The van der Waals surface area contributed by atoms with Gasteiger partial charge in [0.15, 0.2) is 11.7 Å². The summed E-state index contributed by atoms with van der Waals surface area (Å²) in [4.78, 5) is 11.2. The number of alkyl halides is 3. The summed E-state index contributed by atoms with van der Waals surface area (Å²) in [5.74, 6) is -0.773. The number of aromatic nitrogens is 2. The molecule has 0 bridgehead atoms. The predicted molar refractivity (Wildman–Crippen MR) is 78.3 cm³/mol. The lowest BCUT2D eigenvalue weighted by Gasteiger charge is -2.33. The van der Waals surface area contributed by atoms with Crippen LogP contribution in [0.15, 0.2) is 30.3 Å². The highest BCUT2D eigenvalue weighted by atomic mass is 35.5. The zero-order valence-corrected chi connectivity index (χ0v) is 12.4. The molecule has 3 rings (SSSR count). The summed E-state index contributed by atoms with van der Waals surface area (Å²) in [5, 5.41) is 7.14. The van der Waals surface area contributed by atoms with Crippen molar-refractivity contribution in [2.75, 3.05) is 5.32 Å². The largest absolute Gasteiger partial charge is 0.410 e. The number of benzene rings is 1. The van der Waals surface area contributed by atoms with Crippen molar-refractivity contribution in [3.63, 3.8) is 0 Å². The van der Waals surface area contributed by atoms with Crippen molar-refractivity contribution in [2.45, 2.75) is 24.7 Å². The SMILES string of the molecule is NC(=O)c1cc2n(n1)[C@@H](C(F)(F)F)C[C@@H](c1ccc(Cl)cc1)N2. The van der Waals surface area contributed by atoms with Gasteiger partial charge in [0.1, 0.15) is 5.82 Å². The van der Waals surface area contributed by atoms with Gasteiger partial charge in [-0.15, -0.1) is 0 Å². The Bertz CT molecular complexity index is 741. The van der Waals surface area contributed by atoms with Gasteiger partial charge < -0.3 is 11.1 Å². The molecule has 0 saturated carbocycles. The van der Waals surface area contributed by atoms with Crippen LogP contribution in [0.3, 0.4) is 0 Å². The number of fused-ring (bicyclic) bond motifs is 1. The Morgan fingerprint density at radius 1 is 1.35 bits per heavy atom. The van der Waals surface area contributed by atoms with Gasteiger partial charge in [0, 0.05) is 17.5 Å². The molecule has 1 aromatic heterocycles. The number of primary amides is 1. The number of rotatable bonds is 2. The first-order valence-corrected chi connectivity index (χ1v) is 7.11. The summed E-state index contributed by atoms with van der Waals surface area (Å²) in [7, 11) is 0. The third-order valence-corrected chi connectivity index (χ3v) is 3.97. The molecule has 9 heteroatoms. The van der Waals surface area contributed by atoms with Gasteiger partial charge in [-0.3, -0.25) is 4.79 Å². The normalized spacial score (nSPS) is 20.7. The summed E-state index contributed by atoms with van der Waals surface area (Å²) in [6.45, 7) is 0. The molecule has 0 fully saturated rings. The smallest absolute Gasteiger partial charge is 0.364 e. The first-order valence-electron chi connectivity index (χ1n) is 6.74. The fourth-order valence-corrected chi connectivity index (χ4v) is 2.73. The van der Waals surface area contributed by atoms with E-state index in [1.165, 1.54) is 6.07 Å². The first-order chi connectivity index (χ1) is 10.8. The standard InChI is InChI=1S/C14H12ClF3N4O/c15-8-3-1-7(2-4-8)9-5-11(14(16,17)18)22-12(20-9)6-10(21-22)13(19)23/h1-4,6,9,11,20H,5H2,(H2,19,23)/t9-,11+/m0/s1. The minimum absolute atomic E-state index is 0.104. The van der Waals surface area contributed by atoms with Crippen molar-refractivity contribution in [3.8, 4) is 0 Å². The second-order valence-electron chi connectivity index (χ2n) is 5.27. The first kappa shape index (κ1) is 15.7. The highest BCUT2D eigenvalue weighted by molar-refractivity contribution is 6.30.